The second-order valence-corrected chi connectivity index (χ2v) is 5.02. The van der Waals surface area contributed by atoms with Gasteiger partial charge in [0.05, 0.1) is 10.0 Å². The van der Waals surface area contributed by atoms with Gasteiger partial charge in [-0.3, -0.25) is 4.79 Å². The number of carbonyl (C=O) groups excluding carboxylic acids is 1. The Bertz CT molecular complexity index is 384. The lowest BCUT2D eigenvalue weighted by Crippen LogP contribution is -2.28. The number of halogens is 3. The first kappa shape index (κ1) is 13.6. The molecule has 0 aliphatic heterocycles. The van der Waals surface area contributed by atoms with Crippen molar-refractivity contribution in [2.45, 2.75) is 6.42 Å². The Labute approximate surface area is 111 Å². The van der Waals surface area contributed by atoms with Crippen LogP contribution in [-0.4, -0.2) is 29.7 Å². The molecule has 0 spiro atoms. The van der Waals surface area contributed by atoms with Crippen LogP contribution >= 0.6 is 31.9 Å². The normalized spacial score (nSPS) is 10.2. The van der Waals surface area contributed by atoms with Crippen molar-refractivity contribution in [2.24, 2.45) is 0 Å². The summed E-state index contributed by atoms with van der Waals surface area (Å²) in [5.41, 5.74) is 0.103. The number of carbonyl (C=O) groups is 1. The second-order valence-electron chi connectivity index (χ2n) is 3.37. The number of alkyl halides is 1. The van der Waals surface area contributed by atoms with Gasteiger partial charge in [-0.05, 0) is 34.5 Å². The summed E-state index contributed by atoms with van der Waals surface area (Å²) >= 11 is 6.35. The molecule has 0 saturated carbocycles. The number of hydrogen-bond donors (Lipinski definition) is 0. The van der Waals surface area contributed by atoms with E-state index in [0.717, 1.165) is 11.8 Å². The third-order valence-electron chi connectivity index (χ3n) is 2.16. The lowest BCUT2D eigenvalue weighted by molar-refractivity contribution is 0.0791. The highest BCUT2D eigenvalue weighted by molar-refractivity contribution is 9.10. The van der Waals surface area contributed by atoms with Crippen molar-refractivity contribution in [3.8, 4) is 0 Å². The lowest BCUT2D eigenvalue weighted by Gasteiger charge is -2.17. The summed E-state index contributed by atoms with van der Waals surface area (Å²) in [7, 11) is 1.67. The van der Waals surface area contributed by atoms with E-state index in [9.17, 15) is 9.18 Å². The average molecular weight is 353 g/mol. The van der Waals surface area contributed by atoms with Gasteiger partial charge in [0.25, 0.3) is 5.91 Å². The number of benzene rings is 1. The molecule has 1 rings (SSSR count). The van der Waals surface area contributed by atoms with Crippen molar-refractivity contribution in [1.82, 2.24) is 4.90 Å². The van der Waals surface area contributed by atoms with Crippen LogP contribution in [0.4, 0.5) is 4.39 Å². The molecule has 1 aromatic rings. The first-order valence-electron chi connectivity index (χ1n) is 4.83. The maximum absolute atomic E-state index is 13.6. The summed E-state index contributed by atoms with van der Waals surface area (Å²) < 4.78 is 13.9. The van der Waals surface area contributed by atoms with E-state index in [1.165, 1.54) is 11.0 Å². The molecule has 0 aliphatic carbocycles. The van der Waals surface area contributed by atoms with Gasteiger partial charge in [-0.2, -0.15) is 0 Å². The van der Waals surface area contributed by atoms with Gasteiger partial charge in [0.1, 0.15) is 5.82 Å². The Morgan fingerprint density at radius 2 is 2.19 bits per heavy atom. The van der Waals surface area contributed by atoms with E-state index in [4.69, 9.17) is 0 Å². The minimum atomic E-state index is -0.502. The quantitative estimate of drug-likeness (QED) is 0.760. The van der Waals surface area contributed by atoms with Crippen molar-refractivity contribution in [2.75, 3.05) is 18.9 Å². The zero-order valence-corrected chi connectivity index (χ0v) is 12.0. The zero-order valence-electron chi connectivity index (χ0n) is 8.84. The fourth-order valence-electron chi connectivity index (χ4n) is 1.27. The number of nitrogens with zero attached hydrogens (tertiary/aromatic N) is 1. The topological polar surface area (TPSA) is 20.3 Å². The molecule has 0 unspecified atom stereocenters. The molecule has 0 heterocycles. The third-order valence-corrected chi connectivity index (χ3v) is 3.33. The molecule has 88 valence electrons. The molecule has 16 heavy (non-hydrogen) atoms. The Balaban J connectivity index is 2.84. The van der Waals surface area contributed by atoms with E-state index in [1.807, 2.05) is 0 Å². The first-order chi connectivity index (χ1) is 7.57. The van der Waals surface area contributed by atoms with Crippen molar-refractivity contribution < 1.29 is 9.18 Å². The van der Waals surface area contributed by atoms with Gasteiger partial charge in [-0.25, -0.2) is 4.39 Å². The molecule has 0 fully saturated rings. The Morgan fingerprint density at radius 1 is 1.50 bits per heavy atom. The zero-order chi connectivity index (χ0) is 12.1. The highest BCUT2D eigenvalue weighted by Gasteiger charge is 2.17. The van der Waals surface area contributed by atoms with Gasteiger partial charge < -0.3 is 4.90 Å². The Morgan fingerprint density at radius 3 is 2.81 bits per heavy atom. The van der Waals surface area contributed by atoms with Gasteiger partial charge in [0, 0.05) is 18.9 Å². The molecule has 2 nitrogen and oxygen atoms in total. The van der Waals surface area contributed by atoms with Crippen LogP contribution < -0.4 is 0 Å². The average Bonchev–Trinajstić information content (AvgIpc) is 2.28. The van der Waals surface area contributed by atoms with Gasteiger partial charge in [0.2, 0.25) is 0 Å². The summed E-state index contributed by atoms with van der Waals surface area (Å²) in [5, 5.41) is 0.825. The molecule has 1 aromatic carbocycles. The van der Waals surface area contributed by atoms with Crippen molar-refractivity contribution in [3.05, 3.63) is 34.1 Å². The molecule has 0 aromatic heterocycles. The fraction of sp³-hybridized carbons (Fsp3) is 0.364. The smallest absolute Gasteiger partial charge is 0.256 e. The molecular formula is C11H12Br2FNO. The van der Waals surface area contributed by atoms with Gasteiger partial charge >= 0.3 is 0 Å². The molecule has 0 N–H and O–H groups in total. The van der Waals surface area contributed by atoms with Gasteiger partial charge in [0.15, 0.2) is 0 Å². The predicted molar refractivity (Wildman–Crippen MR) is 69.5 cm³/mol. The standard InChI is InChI=1S/C11H12Br2FNO/c1-15(7-3-6-12)11(16)8-4-2-5-9(13)10(8)14/h2,4-5H,3,6-7H2,1H3. The summed E-state index contributed by atoms with van der Waals surface area (Å²) in [6, 6.07) is 4.72. The van der Waals surface area contributed by atoms with Crippen LogP contribution in [0.15, 0.2) is 22.7 Å². The molecule has 0 saturated heterocycles. The lowest BCUT2D eigenvalue weighted by atomic mass is 10.2. The van der Waals surface area contributed by atoms with Crippen LogP contribution in [0.1, 0.15) is 16.8 Å². The van der Waals surface area contributed by atoms with Crippen molar-refractivity contribution in [3.63, 3.8) is 0 Å². The Kier molecular flexibility index (Phi) is 5.41. The number of hydrogen-bond acceptors (Lipinski definition) is 1. The third kappa shape index (κ3) is 3.28. The van der Waals surface area contributed by atoms with Crippen LogP contribution in [0.2, 0.25) is 0 Å². The van der Waals surface area contributed by atoms with E-state index in [2.05, 4.69) is 31.9 Å². The van der Waals surface area contributed by atoms with E-state index >= 15 is 0 Å². The minimum Gasteiger partial charge on any atom is -0.342 e. The van der Waals surface area contributed by atoms with Crippen LogP contribution in [0.3, 0.4) is 0 Å². The van der Waals surface area contributed by atoms with Crippen LogP contribution in [0.25, 0.3) is 0 Å². The molecular weight excluding hydrogens is 341 g/mol. The van der Waals surface area contributed by atoms with E-state index in [-0.39, 0.29) is 11.5 Å². The van der Waals surface area contributed by atoms with Crippen LogP contribution in [0.5, 0.6) is 0 Å². The van der Waals surface area contributed by atoms with Crippen LogP contribution in [0, 0.1) is 5.82 Å². The minimum absolute atomic E-state index is 0.103. The van der Waals surface area contributed by atoms with Crippen molar-refractivity contribution >= 4 is 37.8 Å². The molecule has 0 bridgehead atoms. The van der Waals surface area contributed by atoms with Gasteiger partial charge in [-0.1, -0.05) is 22.0 Å². The monoisotopic (exact) mass is 351 g/mol. The predicted octanol–water partition coefficient (Wildman–Crippen LogP) is 3.45. The van der Waals surface area contributed by atoms with E-state index in [0.29, 0.717) is 11.0 Å². The molecule has 1 amide bonds. The van der Waals surface area contributed by atoms with E-state index in [1.54, 1.807) is 19.2 Å². The SMILES string of the molecule is CN(CCCBr)C(=O)c1cccc(Br)c1F. The maximum Gasteiger partial charge on any atom is 0.256 e. The molecule has 0 atom stereocenters. The molecule has 0 radical (unpaired) electrons. The maximum atomic E-state index is 13.6. The molecule has 5 heteroatoms. The summed E-state index contributed by atoms with van der Waals surface area (Å²) in [6.45, 7) is 0.607. The largest absolute Gasteiger partial charge is 0.342 e. The number of rotatable bonds is 4. The first-order valence-corrected chi connectivity index (χ1v) is 6.74. The molecule has 0 aliphatic rings. The van der Waals surface area contributed by atoms with E-state index < -0.39 is 5.82 Å². The summed E-state index contributed by atoms with van der Waals surface area (Å²) in [4.78, 5) is 13.4. The number of amides is 1. The highest BCUT2D eigenvalue weighted by Crippen LogP contribution is 2.19. The Hall–Kier alpha value is -0.420. The second kappa shape index (κ2) is 6.35. The summed E-state index contributed by atoms with van der Waals surface area (Å²) in [6.07, 6.45) is 0.845. The fourth-order valence-corrected chi connectivity index (χ4v) is 1.89. The summed E-state index contributed by atoms with van der Waals surface area (Å²) in [5.74, 6) is -0.794. The van der Waals surface area contributed by atoms with Crippen LogP contribution in [-0.2, 0) is 0 Å². The van der Waals surface area contributed by atoms with Gasteiger partial charge in [-0.15, -0.1) is 0 Å². The highest BCUT2D eigenvalue weighted by atomic mass is 79.9. The van der Waals surface area contributed by atoms with Crippen molar-refractivity contribution in [1.29, 1.82) is 0 Å².